The normalized spacial score (nSPS) is 14.3. The summed E-state index contributed by atoms with van der Waals surface area (Å²) in [5, 5.41) is 0. The average molecular weight is 240 g/mol. The predicted molar refractivity (Wildman–Crippen MR) is 24.9 cm³/mol. The fraction of sp³-hybridized carbons (Fsp3) is 0. The summed E-state index contributed by atoms with van der Waals surface area (Å²) in [6, 6.07) is 0. The molecule has 1 atom stereocenters. The zero-order chi connectivity index (χ0) is 7.71. The minimum atomic E-state index is -5.30. The summed E-state index contributed by atoms with van der Waals surface area (Å²) in [4.78, 5) is 32.6. The van der Waals surface area contributed by atoms with Crippen molar-refractivity contribution in [3.63, 3.8) is 0 Å². The molecule has 0 spiro atoms. The van der Waals surface area contributed by atoms with Crippen LogP contribution in [-0.4, -0.2) is 20.2 Å². The first-order valence-corrected chi connectivity index (χ1v) is 4.54. The molecule has 0 fully saturated rings. The molecular formula is H4Na2O8P2. The molecule has 12 heteroatoms. The third kappa shape index (κ3) is 22.8. The molecule has 0 aromatic rings. The van der Waals surface area contributed by atoms with Crippen molar-refractivity contribution >= 4 is 15.6 Å². The van der Waals surface area contributed by atoms with Crippen LogP contribution >= 0.6 is 15.6 Å². The van der Waals surface area contributed by atoms with Crippen LogP contribution in [0.2, 0.25) is 0 Å². The molecule has 4 N–H and O–H groups in total. The third-order valence-electron chi connectivity index (χ3n) is 0.210. The first-order valence-electron chi connectivity index (χ1n) is 1.51. The molecule has 0 aromatic carbocycles. The van der Waals surface area contributed by atoms with Gasteiger partial charge in [-0.2, -0.15) is 0 Å². The summed E-state index contributed by atoms with van der Waals surface area (Å²) in [5.74, 6) is 0. The van der Waals surface area contributed by atoms with Gasteiger partial charge in [-0.1, -0.05) is 0 Å². The minimum Gasteiger partial charge on any atom is -0.870 e. The van der Waals surface area contributed by atoms with Crippen LogP contribution in [0.25, 0.3) is 0 Å². The van der Waals surface area contributed by atoms with Gasteiger partial charge in [0.25, 0.3) is 7.82 Å². The van der Waals surface area contributed by atoms with Crippen LogP contribution < -0.4 is 64.0 Å². The number of phosphoric acid groups is 2. The van der Waals surface area contributed by atoms with E-state index in [0.717, 1.165) is 0 Å². The smallest absolute Gasteiger partial charge is 0.870 e. The maximum atomic E-state index is 9.59. The van der Waals surface area contributed by atoms with Gasteiger partial charge in [-0.15, -0.1) is 0 Å². The monoisotopic (exact) mass is 240 g/mol. The molecule has 1 unspecified atom stereocenters. The molecule has 0 aliphatic rings. The molecule has 8 nitrogen and oxygen atoms in total. The summed E-state index contributed by atoms with van der Waals surface area (Å²) >= 11 is 0. The van der Waals surface area contributed by atoms with E-state index in [2.05, 4.69) is 4.31 Å². The molecular weight excluding hydrogens is 236 g/mol. The zero-order valence-electron chi connectivity index (χ0n) is 6.32. The van der Waals surface area contributed by atoms with Crippen molar-refractivity contribution in [3.05, 3.63) is 0 Å². The summed E-state index contributed by atoms with van der Waals surface area (Å²) in [7, 11) is -10.4. The molecule has 0 saturated carbocycles. The second kappa shape index (κ2) is 8.52. The molecule has 0 heterocycles. The summed E-state index contributed by atoms with van der Waals surface area (Å²) in [5.41, 5.74) is 0. The molecule has 0 aliphatic carbocycles. The van der Waals surface area contributed by atoms with Crippen molar-refractivity contribution in [1.29, 1.82) is 0 Å². The number of hydrogen-bond acceptors (Lipinski definition) is 5. The van der Waals surface area contributed by atoms with Crippen molar-refractivity contribution in [2.24, 2.45) is 0 Å². The number of rotatable bonds is 2. The van der Waals surface area contributed by atoms with Crippen molar-refractivity contribution in [2.45, 2.75) is 0 Å². The van der Waals surface area contributed by atoms with Gasteiger partial charge in [0.05, 0.1) is 0 Å². The van der Waals surface area contributed by atoms with Gasteiger partial charge in [0, 0.05) is 0 Å². The van der Waals surface area contributed by atoms with E-state index >= 15 is 0 Å². The molecule has 0 rings (SSSR count). The fourth-order valence-electron chi connectivity index (χ4n) is 0.134. The first kappa shape index (κ1) is 23.8. The van der Waals surface area contributed by atoms with Crippen molar-refractivity contribution < 1.29 is 97.6 Å². The Bertz CT molecular complexity index is 155. The fourth-order valence-corrected chi connectivity index (χ4v) is 1.21. The van der Waals surface area contributed by atoms with Gasteiger partial charge in [0.1, 0.15) is 0 Å². The van der Waals surface area contributed by atoms with E-state index in [1.807, 2.05) is 0 Å². The Labute approximate surface area is 112 Å². The molecule has 12 heavy (non-hydrogen) atoms. The maximum Gasteiger partial charge on any atom is 1.00 e. The Hall–Kier alpha value is 2.22. The van der Waals surface area contributed by atoms with Crippen LogP contribution in [0.3, 0.4) is 0 Å². The van der Waals surface area contributed by atoms with Gasteiger partial charge in [-0.05, 0) is 0 Å². The van der Waals surface area contributed by atoms with Crippen LogP contribution in [0, 0.1) is 0 Å². The van der Waals surface area contributed by atoms with E-state index in [1.165, 1.54) is 0 Å². The van der Waals surface area contributed by atoms with E-state index in [4.69, 9.17) is 14.7 Å². The van der Waals surface area contributed by atoms with Gasteiger partial charge in [-0.25, -0.2) is 8.88 Å². The summed E-state index contributed by atoms with van der Waals surface area (Å²) in [6.07, 6.45) is 0. The minimum absolute atomic E-state index is 0. The molecule has 0 radical (unpaired) electrons. The molecule has 0 aromatic heterocycles. The van der Waals surface area contributed by atoms with Gasteiger partial charge in [0.2, 0.25) is 0 Å². The Kier molecular flexibility index (Phi) is 16.9. The largest absolute Gasteiger partial charge is 1.00 e. The molecule has 0 amide bonds. The standard InChI is InChI=1S/2Na.H4O7P2.H2O/c;;1-8(2,3)7-9(4,5)6;/h;;(H2,1,2,3)(H2,4,5,6);1H2/q2*+1;;/p-2. The predicted octanol–water partition coefficient (Wildman–Crippen LogP) is -7.61. The maximum absolute atomic E-state index is 9.59. The van der Waals surface area contributed by atoms with Crippen molar-refractivity contribution in [3.8, 4) is 0 Å². The van der Waals surface area contributed by atoms with Crippen molar-refractivity contribution in [2.75, 3.05) is 0 Å². The first-order chi connectivity index (χ1) is 3.71. The topological polar surface area (TPSA) is 157 Å². The average Bonchev–Trinajstić information content (AvgIpc) is 1.14. The second-order valence-corrected chi connectivity index (χ2v) is 3.61. The van der Waals surface area contributed by atoms with Crippen LogP contribution in [0.1, 0.15) is 0 Å². The Balaban J connectivity index is -0.000000107. The van der Waals surface area contributed by atoms with E-state index in [0.29, 0.717) is 0 Å². The van der Waals surface area contributed by atoms with E-state index in [1.54, 1.807) is 0 Å². The summed E-state index contributed by atoms with van der Waals surface area (Å²) < 4.78 is 21.9. The van der Waals surface area contributed by atoms with Crippen LogP contribution in [0.4, 0.5) is 0 Å². The third-order valence-corrected chi connectivity index (χ3v) is 1.89. The van der Waals surface area contributed by atoms with Gasteiger partial charge < -0.3 is 25.0 Å². The van der Waals surface area contributed by atoms with Crippen molar-refractivity contribution in [1.82, 2.24) is 0 Å². The van der Waals surface area contributed by atoms with Crippen LogP contribution in [0.5, 0.6) is 0 Å². The van der Waals surface area contributed by atoms with Crippen LogP contribution in [0.15, 0.2) is 0 Å². The second-order valence-electron chi connectivity index (χ2n) is 1.04. The molecule has 64 valence electrons. The zero-order valence-corrected chi connectivity index (χ0v) is 12.1. The van der Waals surface area contributed by atoms with Gasteiger partial charge in [0.15, 0.2) is 0 Å². The molecule has 0 bridgehead atoms. The van der Waals surface area contributed by atoms with E-state index in [-0.39, 0.29) is 64.6 Å². The number of hydrogen-bond donors (Lipinski definition) is 3. The van der Waals surface area contributed by atoms with Gasteiger partial charge in [-0.3, -0.25) is 4.57 Å². The SMILES string of the molecule is O=P([O-])(O)OP(=O)(O)O.[Na+].[Na+].[OH-]. The summed E-state index contributed by atoms with van der Waals surface area (Å²) in [6.45, 7) is 0. The quantitative estimate of drug-likeness (QED) is 0.317. The Morgan fingerprint density at radius 2 is 1.33 bits per heavy atom. The van der Waals surface area contributed by atoms with Crippen LogP contribution in [-0.2, 0) is 13.4 Å². The molecule has 0 saturated heterocycles. The Morgan fingerprint density at radius 3 is 1.33 bits per heavy atom. The van der Waals surface area contributed by atoms with Gasteiger partial charge >= 0.3 is 66.9 Å². The Morgan fingerprint density at radius 1 is 1.08 bits per heavy atom. The van der Waals surface area contributed by atoms with E-state index in [9.17, 15) is 14.0 Å². The van der Waals surface area contributed by atoms with E-state index < -0.39 is 15.6 Å². The molecule has 0 aliphatic heterocycles.